The fraction of sp³-hybridized carbons (Fsp3) is 0.0909. The fourth-order valence-corrected chi connectivity index (χ4v) is 3.01. The molecule has 0 atom stereocenters. The van der Waals surface area contributed by atoms with Gasteiger partial charge in [-0.1, -0.05) is 11.8 Å². The van der Waals surface area contributed by atoms with Crippen molar-refractivity contribution >= 4 is 29.1 Å². The quantitative estimate of drug-likeness (QED) is 0.931. The minimum atomic E-state index is -4.70. The number of aromatic carboxylic acids is 1. The Balaban J connectivity index is 2.41. The second-order valence-corrected chi connectivity index (χ2v) is 5.63. The molecule has 1 aromatic heterocycles. The van der Waals surface area contributed by atoms with Crippen molar-refractivity contribution in [1.29, 1.82) is 0 Å². The van der Waals surface area contributed by atoms with E-state index in [1.165, 1.54) is 17.4 Å². The van der Waals surface area contributed by atoms with Crippen LogP contribution in [0.5, 0.6) is 0 Å². The lowest BCUT2D eigenvalue weighted by Crippen LogP contribution is -2.12. The molecule has 0 unspecified atom stereocenters. The van der Waals surface area contributed by atoms with Crippen molar-refractivity contribution < 1.29 is 23.1 Å². The molecule has 0 aliphatic rings. The Labute approximate surface area is 114 Å². The summed E-state index contributed by atoms with van der Waals surface area (Å²) in [5.74, 6) is -1.60. The molecule has 0 amide bonds. The molecule has 1 N–H and O–H groups in total. The highest BCUT2D eigenvalue weighted by atomic mass is 32.2. The number of benzene rings is 1. The Bertz CT molecular complexity index is 596. The Morgan fingerprint density at radius 2 is 2.11 bits per heavy atom. The number of thiazole rings is 1. The van der Waals surface area contributed by atoms with Crippen molar-refractivity contribution in [1.82, 2.24) is 4.98 Å². The molecule has 0 bridgehead atoms. The molecule has 3 nitrogen and oxygen atoms in total. The van der Waals surface area contributed by atoms with Gasteiger partial charge >= 0.3 is 12.1 Å². The van der Waals surface area contributed by atoms with Gasteiger partial charge in [0.25, 0.3) is 0 Å². The zero-order valence-corrected chi connectivity index (χ0v) is 10.8. The first-order valence-electron chi connectivity index (χ1n) is 4.90. The van der Waals surface area contributed by atoms with E-state index in [1.54, 1.807) is 11.6 Å². The van der Waals surface area contributed by atoms with Crippen LogP contribution in [0.3, 0.4) is 0 Å². The van der Waals surface area contributed by atoms with Gasteiger partial charge in [-0.2, -0.15) is 13.2 Å². The maximum Gasteiger partial charge on any atom is 0.417 e. The molecule has 0 aliphatic carbocycles. The SMILES string of the molecule is O=C(O)c1ccc(Sc2nccs2)cc1C(F)(F)F. The van der Waals surface area contributed by atoms with Crippen LogP contribution in [-0.4, -0.2) is 16.1 Å². The summed E-state index contributed by atoms with van der Waals surface area (Å²) in [4.78, 5) is 15.0. The van der Waals surface area contributed by atoms with Crippen LogP contribution in [-0.2, 0) is 6.18 Å². The molecule has 0 saturated heterocycles. The first-order chi connectivity index (χ1) is 8.88. The van der Waals surface area contributed by atoms with Crippen molar-refractivity contribution in [2.24, 2.45) is 0 Å². The Morgan fingerprint density at radius 1 is 1.37 bits per heavy atom. The van der Waals surface area contributed by atoms with E-state index in [4.69, 9.17) is 5.11 Å². The number of hydrogen-bond acceptors (Lipinski definition) is 4. The molecule has 19 heavy (non-hydrogen) atoms. The standard InChI is InChI=1S/C11H6F3NO2S2/c12-11(13,14)8-5-6(1-2-7(8)9(16)17)19-10-15-3-4-18-10/h1-5H,(H,16,17). The smallest absolute Gasteiger partial charge is 0.417 e. The normalized spacial score (nSPS) is 11.5. The predicted octanol–water partition coefficient (Wildman–Crippen LogP) is 4.01. The topological polar surface area (TPSA) is 50.2 Å². The third-order valence-electron chi connectivity index (χ3n) is 2.14. The van der Waals surface area contributed by atoms with Crippen molar-refractivity contribution in [3.8, 4) is 0 Å². The Kier molecular flexibility index (Phi) is 3.81. The number of aromatic nitrogens is 1. The summed E-state index contributed by atoms with van der Waals surface area (Å²) in [5, 5.41) is 10.5. The summed E-state index contributed by atoms with van der Waals surface area (Å²) < 4.78 is 38.9. The van der Waals surface area contributed by atoms with Gasteiger partial charge in [-0.25, -0.2) is 9.78 Å². The van der Waals surface area contributed by atoms with Crippen molar-refractivity contribution in [2.75, 3.05) is 0 Å². The van der Waals surface area contributed by atoms with Crippen LogP contribution in [0.15, 0.2) is 39.0 Å². The van der Waals surface area contributed by atoms with E-state index in [0.29, 0.717) is 9.24 Å². The molecule has 0 saturated carbocycles. The summed E-state index contributed by atoms with van der Waals surface area (Å²) in [6.45, 7) is 0. The van der Waals surface area contributed by atoms with Crippen LogP contribution in [0.2, 0.25) is 0 Å². The summed E-state index contributed by atoms with van der Waals surface area (Å²) >= 11 is 2.36. The van der Waals surface area contributed by atoms with Crippen LogP contribution in [0.25, 0.3) is 0 Å². The van der Waals surface area contributed by atoms with Gasteiger partial charge in [0, 0.05) is 16.5 Å². The highest BCUT2D eigenvalue weighted by Crippen LogP contribution is 2.37. The maximum atomic E-state index is 12.8. The van der Waals surface area contributed by atoms with Gasteiger partial charge in [-0.3, -0.25) is 0 Å². The second-order valence-electron chi connectivity index (χ2n) is 3.41. The molecule has 1 aromatic carbocycles. The minimum absolute atomic E-state index is 0.298. The number of alkyl halides is 3. The molecule has 8 heteroatoms. The summed E-state index contributed by atoms with van der Waals surface area (Å²) in [6, 6.07) is 3.13. The number of rotatable bonds is 3. The van der Waals surface area contributed by atoms with Crippen LogP contribution >= 0.6 is 23.1 Å². The average molecular weight is 305 g/mol. The maximum absolute atomic E-state index is 12.8. The van der Waals surface area contributed by atoms with Crippen molar-refractivity contribution in [2.45, 2.75) is 15.4 Å². The lowest BCUT2D eigenvalue weighted by Gasteiger charge is -2.11. The first kappa shape index (κ1) is 13.9. The van der Waals surface area contributed by atoms with Crippen molar-refractivity contribution in [3.63, 3.8) is 0 Å². The minimum Gasteiger partial charge on any atom is -0.478 e. The molecule has 0 aliphatic heterocycles. The lowest BCUT2D eigenvalue weighted by atomic mass is 10.1. The number of carbonyl (C=O) groups is 1. The second kappa shape index (κ2) is 5.22. The largest absolute Gasteiger partial charge is 0.478 e. The van der Waals surface area contributed by atoms with Crippen LogP contribution in [0, 0.1) is 0 Å². The third-order valence-corrected chi connectivity index (χ3v) is 4.01. The molecule has 0 radical (unpaired) electrons. The highest BCUT2D eigenvalue weighted by Gasteiger charge is 2.35. The van der Waals surface area contributed by atoms with Gasteiger partial charge in [0.05, 0.1) is 11.1 Å². The number of carboxylic acid groups (broad SMARTS) is 1. The van der Waals surface area contributed by atoms with E-state index in [9.17, 15) is 18.0 Å². The molecule has 2 rings (SSSR count). The van der Waals surface area contributed by atoms with Crippen molar-refractivity contribution in [3.05, 3.63) is 40.9 Å². The third kappa shape index (κ3) is 3.27. The van der Waals surface area contributed by atoms with E-state index in [-0.39, 0.29) is 0 Å². The number of halogens is 3. The van der Waals surface area contributed by atoms with E-state index in [2.05, 4.69) is 4.98 Å². The Hall–Kier alpha value is -1.54. The van der Waals surface area contributed by atoms with Gasteiger partial charge in [-0.15, -0.1) is 11.3 Å². The van der Waals surface area contributed by atoms with Gasteiger partial charge in [0.1, 0.15) is 0 Å². The van der Waals surface area contributed by atoms with Gasteiger partial charge in [0.15, 0.2) is 4.34 Å². The Morgan fingerprint density at radius 3 is 2.63 bits per heavy atom. The highest BCUT2D eigenvalue weighted by molar-refractivity contribution is 8.01. The van der Waals surface area contributed by atoms with E-state index >= 15 is 0 Å². The lowest BCUT2D eigenvalue weighted by molar-refractivity contribution is -0.138. The zero-order chi connectivity index (χ0) is 14.0. The molecule has 0 spiro atoms. The van der Waals surface area contributed by atoms with E-state index in [1.807, 2.05) is 0 Å². The first-order valence-corrected chi connectivity index (χ1v) is 6.59. The number of nitrogens with zero attached hydrogens (tertiary/aromatic N) is 1. The van der Waals surface area contributed by atoms with E-state index in [0.717, 1.165) is 23.9 Å². The molecule has 2 aromatic rings. The summed E-state index contributed by atoms with van der Waals surface area (Å²) in [5.41, 5.74) is -1.91. The predicted molar refractivity (Wildman–Crippen MR) is 64.6 cm³/mol. The van der Waals surface area contributed by atoms with E-state index < -0.39 is 23.3 Å². The monoisotopic (exact) mass is 305 g/mol. The number of hydrogen-bond donors (Lipinski definition) is 1. The zero-order valence-electron chi connectivity index (χ0n) is 9.14. The van der Waals surface area contributed by atoms with Gasteiger partial charge in [-0.05, 0) is 18.2 Å². The van der Waals surface area contributed by atoms with Gasteiger partial charge < -0.3 is 5.11 Å². The van der Waals surface area contributed by atoms with Crippen LogP contribution < -0.4 is 0 Å². The van der Waals surface area contributed by atoms with Crippen LogP contribution in [0.1, 0.15) is 15.9 Å². The van der Waals surface area contributed by atoms with Crippen LogP contribution in [0.4, 0.5) is 13.2 Å². The molecule has 0 fully saturated rings. The molecular weight excluding hydrogens is 299 g/mol. The molecule has 100 valence electrons. The summed E-state index contributed by atoms with van der Waals surface area (Å²) in [6.07, 6.45) is -3.16. The summed E-state index contributed by atoms with van der Waals surface area (Å²) in [7, 11) is 0. The van der Waals surface area contributed by atoms with Gasteiger partial charge in [0.2, 0.25) is 0 Å². The fourth-order valence-electron chi connectivity index (χ4n) is 1.37. The average Bonchev–Trinajstić information content (AvgIpc) is 2.80. The number of carboxylic acids is 1. The molecular formula is C11H6F3NO2S2. The molecule has 1 heterocycles.